The topological polar surface area (TPSA) is 111 Å². The summed E-state index contributed by atoms with van der Waals surface area (Å²) in [7, 11) is 3.78. The van der Waals surface area contributed by atoms with E-state index in [9.17, 15) is 24.3 Å². The van der Waals surface area contributed by atoms with Crippen molar-refractivity contribution in [3.63, 3.8) is 0 Å². The minimum atomic E-state index is -0.968. The number of aromatic nitrogens is 3. The van der Waals surface area contributed by atoms with E-state index in [-0.39, 0.29) is 24.3 Å². The van der Waals surface area contributed by atoms with Gasteiger partial charge in [-0.25, -0.2) is 14.0 Å². The Bertz CT molecular complexity index is 1060. The average molecular weight is 373 g/mol. The van der Waals surface area contributed by atoms with Gasteiger partial charge in [0, 0.05) is 19.9 Å². The third kappa shape index (κ3) is 3.04. The number of aliphatic hydroxyl groups excluding tert-OH is 1. The van der Waals surface area contributed by atoms with Crippen LogP contribution in [-0.4, -0.2) is 31.0 Å². The lowest BCUT2D eigenvalue weighted by Gasteiger charge is -2.14. The van der Waals surface area contributed by atoms with Crippen molar-refractivity contribution in [2.75, 3.05) is 0 Å². The molecule has 8 nitrogen and oxygen atoms in total. The summed E-state index contributed by atoms with van der Waals surface area (Å²) in [5, 5.41) is 14.5. The zero-order chi connectivity index (χ0) is 19.0. The van der Waals surface area contributed by atoms with Crippen molar-refractivity contribution in [3.05, 3.63) is 62.1 Å². The van der Waals surface area contributed by atoms with Crippen molar-refractivity contribution >= 4 is 26.1 Å². The van der Waals surface area contributed by atoms with Crippen molar-refractivity contribution in [1.82, 2.24) is 14.3 Å². The molecule has 9 heteroatoms. The highest BCUT2D eigenvalue weighted by Crippen LogP contribution is 2.22. The summed E-state index contributed by atoms with van der Waals surface area (Å²) in [6, 6.07) is 6.49. The number of aryl methyl sites for hydroxylation is 1. The third-order valence-corrected chi connectivity index (χ3v) is 4.49. The molecule has 1 heterocycles. The van der Waals surface area contributed by atoms with E-state index in [1.807, 2.05) is 0 Å². The molecular formula is C17H16N3O5P. The number of benzene rings is 1. The first kappa shape index (κ1) is 17.9. The molecule has 0 radical (unpaired) electrons. The van der Waals surface area contributed by atoms with E-state index < -0.39 is 34.1 Å². The van der Waals surface area contributed by atoms with Gasteiger partial charge < -0.3 is 5.11 Å². The van der Waals surface area contributed by atoms with Crippen LogP contribution in [0.3, 0.4) is 0 Å². The van der Waals surface area contributed by atoms with Crippen LogP contribution in [0.25, 0.3) is 5.69 Å². The molecule has 134 valence electrons. The standard InChI is InChI=1S/C17H16N3O5P/c1-19-17(25)20(9-5-7-10(26)8-6-9)16(24)14(18-19)15(23)13-11(21)3-2-4-12(13)22/h5-8,21H,2-4,26H2,1H3. The van der Waals surface area contributed by atoms with Crippen LogP contribution in [0, 0.1) is 0 Å². The van der Waals surface area contributed by atoms with Crippen LogP contribution in [0.15, 0.2) is 45.2 Å². The van der Waals surface area contributed by atoms with Crippen LogP contribution in [0.2, 0.25) is 0 Å². The van der Waals surface area contributed by atoms with Gasteiger partial charge in [0.2, 0.25) is 5.78 Å². The second-order valence-corrected chi connectivity index (χ2v) is 6.58. The third-order valence-electron chi connectivity index (χ3n) is 4.10. The molecule has 3 rings (SSSR count). The predicted octanol–water partition coefficient (Wildman–Crippen LogP) is 0.179. The molecule has 1 aliphatic carbocycles. The number of carbonyl (C=O) groups excluding carboxylic acids is 2. The second-order valence-electron chi connectivity index (χ2n) is 5.91. The minimum absolute atomic E-state index is 0.112. The van der Waals surface area contributed by atoms with E-state index >= 15 is 0 Å². The molecule has 0 saturated carbocycles. The molecule has 0 spiro atoms. The number of carbonyl (C=O) groups is 2. The van der Waals surface area contributed by atoms with Crippen LogP contribution in [0.5, 0.6) is 0 Å². The van der Waals surface area contributed by atoms with Crippen LogP contribution in [0.1, 0.15) is 29.8 Å². The van der Waals surface area contributed by atoms with Crippen LogP contribution < -0.4 is 16.6 Å². The SMILES string of the molecule is Cn1nc(C(=O)C2=C(O)CCCC2=O)c(=O)n(-c2ccc(P)cc2)c1=O. The Balaban J connectivity index is 2.23. The number of aliphatic hydroxyl groups is 1. The summed E-state index contributed by atoms with van der Waals surface area (Å²) >= 11 is 0. The van der Waals surface area contributed by atoms with Crippen molar-refractivity contribution in [1.29, 1.82) is 0 Å². The molecule has 0 amide bonds. The lowest BCUT2D eigenvalue weighted by molar-refractivity contribution is -0.116. The molecule has 1 aliphatic rings. The Morgan fingerprint density at radius 2 is 1.81 bits per heavy atom. The fraction of sp³-hybridized carbons (Fsp3) is 0.235. The maximum absolute atomic E-state index is 12.8. The quantitative estimate of drug-likeness (QED) is 0.467. The van der Waals surface area contributed by atoms with Gasteiger partial charge in [0.1, 0.15) is 11.3 Å². The molecule has 2 aromatic rings. The van der Waals surface area contributed by atoms with E-state index in [0.717, 1.165) is 14.6 Å². The average Bonchev–Trinajstić information content (AvgIpc) is 2.59. The lowest BCUT2D eigenvalue weighted by Crippen LogP contribution is -2.43. The first-order chi connectivity index (χ1) is 12.3. The van der Waals surface area contributed by atoms with Gasteiger partial charge in [0.05, 0.1) is 5.69 Å². The summed E-state index contributed by atoms with van der Waals surface area (Å²) in [6.07, 6.45) is 0.733. The van der Waals surface area contributed by atoms with Gasteiger partial charge in [0.25, 0.3) is 5.56 Å². The van der Waals surface area contributed by atoms with Crippen LogP contribution >= 0.6 is 9.24 Å². The molecule has 1 atom stereocenters. The van der Waals surface area contributed by atoms with Gasteiger partial charge in [-0.2, -0.15) is 5.10 Å². The number of allylic oxidation sites excluding steroid dienone is 2. The lowest BCUT2D eigenvalue weighted by atomic mass is 9.92. The molecule has 0 aliphatic heterocycles. The summed E-state index contributed by atoms with van der Waals surface area (Å²) in [6.45, 7) is 0. The summed E-state index contributed by atoms with van der Waals surface area (Å²) < 4.78 is 1.67. The van der Waals surface area contributed by atoms with Gasteiger partial charge >= 0.3 is 5.69 Å². The highest BCUT2D eigenvalue weighted by molar-refractivity contribution is 7.27. The largest absolute Gasteiger partial charge is 0.511 e. The van der Waals surface area contributed by atoms with E-state index in [1.165, 1.54) is 7.05 Å². The molecule has 1 unspecified atom stereocenters. The highest BCUT2D eigenvalue weighted by Gasteiger charge is 2.31. The van der Waals surface area contributed by atoms with Gasteiger partial charge in [-0.3, -0.25) is 14.4 Å². The number of hydrogen-bond donors (Lipinski definition) is 1. The van der Waals surface area contributed by atoms with Gasteiger partial charge in [-0.15, -0.1) is 9.24 Å². The second kappa shape index (κ2) is 6.80. The fourth-order valence-corrected chi connectivity index (χ4v) is 2.96. The zero-order valence-corrected chi connectivity index (χ0v) is 15.1. The van der Waals surface area contributed by atoms with Gasteiger partial charge in [-0.05, 0) is 23.9 Å². The van der Waals surface area contributed by atoms with E-state index in [2.05, 4.69) is 14.3 Å². The van der Waals surface area contributed by atoms with Crippen LogP contribution in [0.4, 0.5) is 0 Å². The number of rotatable bonds is 3. The Labute approximate surface area is 150 Å². The first-order valence-electron chi connectivity index (χ1n) is 7.87. The maximum atomic E-state index is 12.8. The Kier molecular flexibility index (Phi) is 4.70. The molecule has 1 aromatic heterocycles. The molecular weight excluding hydrogens is 357 g/mol. The van der Waals surface area contributed by atoms with Gasteiger partial charge in [-0.1, -0.05) is 12.1 Å². The molecule has 0 saturated heterocycles. The van der Waals surface area contributed by atoms with Gasteiger partial charge in [0.15, 0.2) is 11.5 Å². The zero-order valence-electron chi connectivity index (χ0n) is 13.9. The molecule has 0 bridgehead atoms. The summed E-state index contributed by atoms with van der Waals surface area (Å²) in [4.78, 5) is 49.9. The van der Waals surface area contributed by atoms with Crippen molar-refractivity contribution in [2.24, 2.45) is 7.05 Å². The molecule has 0 fully saturated rings. The maximum Gasteiger partial charge on any atom is 0.351 e. The number of Topliss-reactive ketones (excluding diaryl/α,β-unsaturated/α-hetero) is 2. The molecule has 1 N–H and O–H groups in total. The Morgan fingerprint density at radius 1 is 1.15 bits per heavy atom. The number of hydrogen-bond acceptors (Lipinski definition) is 6. The van der Waals surface area contributed by atoms with E-state index in [0.29, 0.717) is 6.42 Å². The van der Waals surface area contributed by atoms with Crippen molar-refractivity contribution < 1.29 is 14.7 Å². The van der Waals surface area contributed by atoms with Crippen LogP contribution in [-0.2, 0) is 11.8 Å². The summed E-state index contributed by atoms with van der Waals surface area (Å²) in [5.74, 6) is -1.85. The normalized spacial score (nSPS) is 14.6. The highest BCUT2D eigenvalue weighted by atomic mass is 31.0. The monoisotopic (exact) mass is 373 g/mol. The Morgan fingerprint density at radius 3 is 2.42 bits per heavy atom. The fourth-order valence-electron chi connectivity index (χ4n) is 2.77. The smallest absolute Gasteiger partial charge is 0.351 e. The number of ketones is 2. The first-order valence-corrected chi connectivity index (χ1v) is 8.45. The minimum Gasteiger partial charge on any atom is -0.511 e. The molecule has 26 heavy (non-hydrogen) atoms. The van der Waals surface area contributed by atoms with Crippen molar-refractivity contribution in [2.45, 2.75) is 19.3 Å². The molecule has 1 aromatic carbocycles. The summed E-state index contributed by atoms with van der Waals surface area (Å²) in [5.41, 5.74) is -2.40. The number of nitrogens with zero attached hydrogens (tertiary/aromatic N) is 3. The van der Waals surface area contributed by atoms with Crippen molar-refractivity contribution in [3.8, 4) is 5.69 Å². The van der Waals surface area contributed by atoms with E-state index in [4.69, 9.17) is 0 Å². The predicted molar refractivity (Wildman–Crippen MR) is 97.3 cm³/mol. The Hall–Kier alpha value is -2.86. The van der Waals surface area contributed by atoms with E-state index in [1.54, 1.807) is 24.3 Å².